The van der Waals surface area contributed by atoms with Gasteiger partial charge in [0.1, 0.15) is 11.4 Å². The number of carbonyl (C=O) groups excluding carboxylic acids is 2. The first kappa shape index (κ1) is 24.6. The normalized spacial score (nSPS) is 17.7. The zero-order valence-corrected chi connectivity index (χ0v) is 20.2. The molecule has 3 aromatic rings. The van der Waals surface area contributed by atoms with Crippen molar-refractivity contribution in [1.29, 1.82) is 0 Å². The van der Waals surface area contributed by atoms with Crippen molar-refractivity contribution in [3.05, 3.63) is 64.8 Å². The van der Waals surface area contributed by atoms with Crippen LogP contribution in [0.5, 0.6) is 5.75 Å². The maximum absolute atomic E-state index is 12.7. The molecule has 0 aliphatic heterocycles. The number of aryl methyl sites for hydroxylation is 1. The van der Waals surface area contributed by atoms with Crippen LogP contribution >= 0.6 is 11.6 Å². The van der Waals surface area contributed by atoms with Crippen LogP contribution in [0.15, 0.2) is 48.5 Å². The number of halogens is 1. The molecule has 2 amide bonds. The van der Waals surface area contributed by atoms with E-state index in [2.05, 4.69) is 10.6 Å². The van der Waals surface area contributed by atoms with Gasteiger partial charge in [-0.25, -0.2) is 0 Å². The number of benzene rings is 2. The maximum Gasteiger partial charge on any atom is 0.306 e. The molecule has 1 aromatic heterocycles. The van der Waals surface area contributed by atoms with E-state index < -0.39 is 5.97 Å². The highest BCUT2D eigenvalue weighted by atomic mass is 35.5. The Bertz CT molecular complexity index is 1190. The smallest absolute Gasteiger partial charge is 0.306 e. The molecule has 0 radical (unpaired) electrons. The second kappa shape index (κ2) is 10.8. The van der Waals surface area contributed by atoms with E-state index in [9.17, 15) is 14.4 Å². The van der Waals surface area contributed by atoms with Gasteiger partial charge >= 0.3 is 5.97 Å². The molecule has 8 nitrogen and oxygen atoms in total. The third-order valence-corrected chi connectivity index (χ3v) is 6.78. The minimum atomic E-state index is -0.740. The Labute approximate surface area is 208 Å². The van der Waals surface area contributed by atoms with Gasteiger partial charge in [0, 0.05) is 36.6 Å². The number of hydrogen-bond donors (Lipinski definition) is 3. The van der Waals surface area contributed by atoms with Gasteiger partial charge in [0.15, 0.2) is 0 Å². The predicted octanol–water partition coefficient (Wildman–Crippen LogP) is 4.01. The number of fused-ring (bicyclic) bond motifs is 1. The van der Waals surface area contributed by atoms with Crippen molar-refractivity contribution in [1.82, 2.24) is 15.2 Å². The quantitative estimate of drug-likeness (QED) is 0.407. The van der Waals surface area contributed by atoms with E-state index >= 15 is 0 Å². The first-order chi connectivity index (χ1) is 16.8. The molecular weight excluding hydrogens is 470 g/mol. The molecule has 1 aliphatic rings. The van der Waals surface area contributed by atoms with Crippen LogP contribution < -0.4 is 15.4 Å². The van der Waals surface area contributed by atoms with Gasteiger partial charge in [-0.2, -0.15) is 0 Å². The second-order valence-electron chi connectivity index (χ2n) is 8.70. The Hall–Kier alpha value is -3.52. The summed E-state index contributed by atoms with van der Waals surface area (Å²) in [6, 6.07) is 14.4. The number of carboxylic acid groups (broad SMARTS) is 1. The number of hydrogen-bond acceptors (Lipinski definition) is 4. The summed E-state index contributed by atoms with van der Waals surface area (Å²) in [5, 5.41) is 15.9. The molecule has 0 saturated heterocycles. The van der Waals surface area contributed by atoms with E-state index in [0.717, 1.165) is 10.9 Å². The molecule has 35 heavy (non-hydrogen) atoms. The van der Waals surface area contributed by atoms with Crippen LogP contribution in [0.4, 0.5) is 0 Å². The van der Waals surface area contributed by atoms with Crippen LogP contribution in [-0.4, -0.2) is 46.7 Å². The molecule has 1 fully saturated rings. The number of carboxylic acids is 1. The standard InChI is InChI=1S/C26H28ClN3O5/c1-30-21-5-3-2-4-20(21)22(27)23(30)25(32)29-15-14-28-24(31)16-6-10-18(11-7-16)35-19-12-8-17(9-13-19)26(33)34/h2-7,10-11,17,19H,8-9,12-15H2,1H3,(H,28,31)(H,29,32)(H,33,34). The lowest BCUT2D eigenvalue weighted by Gasteiger charge is -2.26. The van der Waals surface area contributed by atoms with Crippen molar-refractivity contribution in [2.24, 2.45) is 13.0 Å². The monoisotopic (exact) mass is 497 g/mol. The lowest BCUT2D eigenvalue weighted by atomic mass is 9.87. The number of carbonyl (C=O) groups is 3. The molecule has 0 bridgehead atoms. The van der Waals surface area contributed by atoms with Crippen LogP contribution in [-0.2, 0) is 11.8 Å². The maximum atomic E-state index is 12.7. The van der Waals surface area contributed by atoms with Crippen LogP contribution in [0.25, 0.3) is 10.9 Å². The number of para-hydroxylation sites is 1. The van der Waals surface area contributed by atoms with Gasteiger partial charge in [0.05, 0.1) is 17.0 Å². The van der Waals surface area contributed by atoms with Gasteiger partial charge in [-0.05, 0) is 56.0 Å². The molecule has 0 unspecified atom stereocenters. The average molecular weight is 498 g/mol. The Morgan fingerprint density at radius 2 is 1.60 bits per heavy atom. The molecule has 2 aromatic carbocycles. The number of aromatic nitrogens is 1. The molecule has 3 N–H and O–H groups in total. The van der Waals surface area contributed by atoms with Crippen LogP contribution in [0.2, 0.25) is 5.02 Å². The number of aliphatic carboxylic acids is 1. The molecule has 1 saturated carbocycles. The molecule has 1 aliphatic carbocycles. The summed E-state index contributed by atoms with van der Waals surface area (Å²) in [6.45, 7) is 0.514. The Balaban J connectivity index is 1.23. The van der Waals surface area contributed by atoms with Crippen molar-refractivity contribution in [2.45, 2.75) is 31.8 Å². The summed E-state index contributed by atoms with van der Waals surface area (Å²) in [7, 11) is 1.79. The largest absolute Gasteiger partial charge is 0.490 e. The average Bonchev–Trinajstić information content (AvgIpc) is 3.12. The molecule has 0 atom stereocenters. The number of nitrogens with one attached hydrogen (secondary N) is 2. The SMILES string of the molecule is Cn1c(C(=O)NCCNC(=O)c2ccc(OC3CCC(C(=O)O)CC3)cc2)c(Cl)c2ccccc21. The zero-order valence-electron chi connectivity index (χ0n) is 19.4. The fraction of sp³-hybridized carbons (Fsp3) is 0.346. The summed E-state index contributed by atoms with van der Waals surface area (Å²) in [6.07, 6.45) is 2.63. The third kappa shape index (κ3) is 5.59. The van der Waals surface area contributed by atoms with E-state index in [1.165, 1.54) is 0 Å². The van der Waals surface area contributed by atoms with Gasteiger partial charge in [0.2, 0.25) is 0 Å². The number of nitrogens with zero attached hydrogens (tertiary/aromatic N) is 1. The van der Waals surface area contributed by atoms with Gasteiger partial charge in [-0.1, -0.05) is 29.8 Å². The fourth-order valence-corrected chi connectivity index (χ4v) is 4.81. The summed E-state index contributed by atoms with van der Waals surface area (Å²) >= 11 is 6.41. The highest BCUT2D eigenvalue weighted by Crippen LogP contribution is 2.30. The van der Waals surface area contributed by atoms with Crippen LogP contribution in [0.1, 0.15) is 46.5 Å². The van der Waals surface area contributed by atoms with Crippen LogP contribution in [0.3, 0.4) is 0 Å². The van der Waals surface area contributed by atoms with E-state index in [-0.39, 0.29) is 36.9 Å². The summed E-state index contributed by atoms with van der Waals surface area (Å²) in [5.74, 6) is -0.929. The first-order valence-electron chi connectivity index (χ1n) is 11.6. The van der Waals surface area contributed by atoms with Crippen molar-refractivity contribution < 1.29 is 24.2 Å². The topological polar surface area (TPSA) is 110 Å². The molecule has 4 rings (SSSR count). The third-order valence-electron chi connectivity index (χ3n) is 6.40. The highest BCUT2D eigenvalue weighted by molar-refractivity contribution is 6.38. The van der Waals surface area contributed by atoms with Crippen molar-refractivity contribution in [3.63, 3.8) is 0 Å². The van der Waals surface area contributed by atoms with Crippen molar-refractivity contribution in [2.75, 3.05) is 13.1 Å². The summed E-state index contributed by atoms with van der Waals surface area (Å²) < 4.78 is 7.70. The highest BCUT2D eigenvalue weighted by Gasteiger charge is 2.27. The summed E-state index contributed by atoms with van der Waals surface area (Å²) in [4.78, 5) is 36.2. The molecule has 184 valence electrons. The van der Waals surface area contributed by atoms with Crippen molar-refractivity contribution in [3.8, 4) is 5.75 Å². The number of amides is 2. The predicted molar refractivity (Wildman–Crippen MR) is 133 cm³/mol. The van der Waals surface area contributed by atoms with E-state index in [4.69, 9.17) is 21.4 Å². The fourth-order valence-electron chi connectivity index (χ4n) is 4.44. The minimum Gasteiger partial charge on any atom is -0.490 e. The van der Waals surface area contributed by atoms with E-state index in [1.54, 1.807) is 35.9 Å². The zero-order chi connectivity index (χ0) is 24.9. The van der Waals surface area contributed by atoms with E-state index in [0.29, 0.717) is 47.7 Å². The van der Waals surface area contributed by atoms with Gasteiger partial charge in [-0.3, -0.25) is 14.4 Å². The molecule has 0 spiro atoms. The first-order valence-corrected chi connectivity index (χ1v) is 12.0. The Morgan fingerprint density at radius 3 is 2.23 bits per heavy atom. The molecule has 1 heterocycles. The summed E-state index contributed by atoms with van der Waals surface area (Å²) in [5.41, 5.74) is 1.73. The Morgan fingerprint density at radius 1 is 0.971 bits per heavy atom. The van der Waals surface area contributed by atoms with Gasteiger partial charge < -0.3 is 25.0 Å². The Kier molecular flexibility index (Phi) is 7.60. The van der Waals surface area contributed by atoms with Crippen LogP contribution in [0, 0.1) is 5.92 Å². The molecular formula is C26H28ClN3O5. The van der Waals surface area contributed by atoms with E-state index in [1.807, 2.05) is 24.3 Å². The lowest BCUT2D eigenvalue weighted by molar-refractivity contribution is -0.143. The second-order valence-corrected chi connectivity index (χ2v) is 9.08. The number of rotatable bonds is 8. The van der Waals surface area contributed by atoms with Gasteiger partial charge in [-0.15, -0.1) is 0 Å². The number of ether oxygens (including phenoxy) is 1. The van der Waals surface area contributed by atoms with Gasteiger partial charge in [0.25, 0.3) is 11.8 Å². The lowest BCUT2D eigenvalue weighted by Crippen LogP contribution is -2.35. The minimum absolute atomic E-state index is 0.00999. The molecule has 9 heteroatoms. The van der Waals surface area contributed by atoms with Crippen molar-refractivity contribution >= 4 is 40.3 Å².